The molecule has 0 radical (unpaired) electrons. The number of sulfone groups is 1. The Kier molecular flexibility index (Phi) is 5.62. The highest BCUT2D eigenvalue weighted by Gasteiger charge is 2.19. The van der Waals surface area contributed by atoms with Crippen LogP contribution in [0.4, 0.5) is 0 Å². The molecule has 102 valence electrons. The third-order valence-corrected chi connectivity index (χ3v) is 4.66. The molecule has 5 heteroatoms. The number of aliphatic hydroxyl groups is 1. The Bertz CT molecular complexity index is 468. The zero-order valence-electron chi connectivity index (χ0n) is 10.8. The lowest BCUT2D eigenvalue weighted by Crippen LogP contribution is -2.12. The molecule has 1 unspecified atom stereocenters. The first-order valence-corrected chi connectivity index (χ1v) is 7.70. The predicted octanol–water partition coefficient (Wildman–Crippen LogP) is 2.02. The number of para-hydroxylation sites is 1. The molecule has 1 aromatic rings. The van der Waals surface area contributed by atoms with Crippen LogP contribution in [0.3, 0.4) is 0 Å². The highest BCUT2D eigenvalue weighted by atomic mass is 32.2. The second-order valence-electron chi connectivity index (χ2n) is 4.17. The third-order valence-electron chi connectivity index (χ3n) is 2.83. The summed E-state index contributed by atoms with van der Waals surface area (Å²) in [6, 6.07) is 6.59. The Balaban J connectivity index is 2.74. The quantitative estimate of drug-likeness (QED) is 0.825. The summed E-state index contributed by atoms with van der Waals surface area (Å²) in [6.45, 7) is 1.87. The van der Waals surface area contributed by atoms with Crippen molar-refractivity contribution < 1.29 is 18.3 Å². The van der Waals surface area contributed by atoms with Gasteiger partial charge < -0.3 is 9.84 Å². The van der Waals surface area contributed by atoms with Crippen LogP contribution in [-0.2, 0) is 9.84 Å². The number of ether oxygens (including phenoxy) is 1. The topological polar surface area (TPSA) is 63.6 Å². The van der Waals surface area contributed by atoms with Crippen molar-refractivity contribution in [1.29, 1.82) is 0 Å². The number of rotatable bonds is 7. The average Bonchev–Trinajstić information content (AvgIpc) is 2.38. The maximum absolute atomic E-state index is 12.1. The Morgan fingerprint density at radius 3 is 2.61 bits per heavy atom. The summed E-state index contributed by atoms with van der Waals surface area (Å²) in [5.74, 6) is 0.401. The Morgan fingerprint density at radius 1 is 1.33 bits per heavy atom. The smallest absolute Gasteiger partial charge is 0.182 e. The minimum Gasteiger partial charge on any atom is -0.495 e. The summed E-state index contributed by atoms with van der Waals surface area (Å²) in [4.78, 5) is 0.221. The van der Waals surface area contributed by atoms with E-state index in [2.05, 4.69) is 0 Å². The van der Waals surface area contributed by atoms with Crippen LogP contribution in [-0.4, -0.2) is 32.5 Å². The van der Waals surface area contributed by atoms with E-state index in [9.17, 15) is 13.5 Å². The SMILES string of the molecule is CCC(O)CCCS(=O)(=O)c1ccccc1OC. The first-order valence-electron chi connectivity index (χ1n) is 6.05. The summed E-state index contributed by atoms with van der Waals surface area (Å²) < 4.78 is 29.3. The standard InChI is InChI=1S/C13H20O4S/c1-3-11(14)7-6-10-18(15,16)13-9-5-4-8-12(13)17-2/h4-5,8-9,11,14H,3,6-7,10H2,1-2H3. The van der Waals surface area contributed by atoms with E-state index in [0.717, 1.165) is 0 Å². The molecule has 0 amide bonds. The molecule has 0 aliphatic heterocycles. The minimum absolute atomic E-state index is 0.0322. The van der Waals surface area contributed by atoms with Crippen molar-refractivity contribution >= 4 is 9.84 Å². The second-order valence-corrected chi connectivity index (χ2v) is 6.25. The lowest BCUT2D eigenvalue weighted by atomic mass is 10.2. The van der Waals surface area contributed by atoms with Crippen LogP contribution in [0.1, 0.15) is 26.2 Å². The van der Waals surface area contributed by atoms with Crippen molar-refractivity contribution in [3.63, 3.8) is 0 Å². The van der Waals surface area contributed by atoms with Crippen molar-refractivity contribution in [2.75, 3.05) is 12.9 Å². The van der Waals surface area contributed by atoms with Crippen LogP contribution in [0, 0.1) is 0 Å². The van der Waals surface area contributed by atoms with Gasteiger partial charge in [-0.15, -0.1) is 0 Å². The molecule has 1 aromatic carbocycles. The van der Waals surface area contributed by atoms with Gasteiger partial charge in [0.1, 0.15) is 10.6 Å². The van der Waals surface area contributed by atoms with E-state index in [-0.39, 0.29) is 10.6 Å². The maximum Gasteiger partial charge on any atom is 0.182 e. The fourth-order valence-electron chi connectivity index (χ4n) is 1.70. The van der Waals surface area contributed by atoms with Gasteiger partial charge in [-0.1, -0.05) is 19.1 Å². The molecular weight excluding hydrogens is 252 g/mol. The van der Waals surface area contributed by atoms with Gasteiger partial charge in [-0.05, 0) is 31.4 Å². The van der Waals surface area contributed by atoms with Crippen LogP contribution in [0.2, 0.25) is 0 Å². The van der Waals surface area contributed by atoms with Crippen molar-refractivity contribution in [2.45, 2.75) is 37.2 Å². The molecule has 4 nitrogen and oxygen atoms in total. The van der Waals surface area contributed by atoms with E-state index in [1.54, 1.807) is 24.3 Å². The van der Waals surface area contributed by atoms with Crippen LogP contribution in [0.25, 0.3) is 0 Å². The fourth-order valence-corrected chi connectivity index (χ4v) is 3.21. The van der Waals surface area contributed by atoms with E-state index in [1.807, 2.05) is 6.92 Å². The van der Waals surface area contributed by atoms with Crippen LogP contribution in [0.15, 0.2) is 29.2 Å². The molecule has 0 bridgehead atoms. The summed E-state index contributed by atoms with van der Waals surface area (Å²) in [5.41, 5.74) is 0. The van der Waals surface area contributed by atoms with Gasteiger partial charge in [0.2, 0.25) is 0 Å². The van der Waals surface area contributed by atoms with Gasteiger partial charge in [-0.2, -0.15) is 0 Å². The van der Waals surface area contributed by atoms with Crippen molar-refractivity contribution in [3.8, 4) is 5.75 Å². The van der Waals surface area contributed by atoms with E-state index >= 15 is 0 Å². The summed E-state index contributed by atoms with van der Waals surface area (Å²) in [5, 5.41) is 9.41. The molecule has 1 rings (SSSR count). The molecule has 1 N–H and O–H groups in total. The first-order chi connectivity index (χ1) is 8.51. The van der Waals surface area contributed by atoms with E-state index < -0.39 is 15.9 Å². The van der Waals surface area contributed by atoms with Gasteiger partial charge in [0.05, 0.1) is 19.0 Å². The van der Waals surface area contributed by atoms with Gasteiger partial charge in [0.25, 0.3) is 0 Å². The van der Waals surface area contributed by atoms with Crippen molar-refractivity contribution in [1.82, 2.24) is 0 Å². The minimum atomic E-state index is -3.34. The van der Waals surface area contributed by atoms with Gasteiger partial charge in [-0.25, -0.2) is 8.42 Å². The third kappa shape index (κ3) is 3.99. The van der Waals surface area contributed by atoms with Gasteiger partial charge in [0, 0.05) is 0 Å². The monoisotopic (exact) mass is 272 g/mol. The predicted molar refractivity (Wildman–Crippen MR) is 70.6 cm³/mol. The van der Waals surface area contributed by atoms with Gasteiger partial charge in [0.15, 0.2) is 9.84 Å². The Morgan fingerprint density at radius 2 is 2.00 bits per heavy atom. The average molecular weight is 272 g/mol. The molecule has 0 saturated carbocycles. The largest absolute Gasteiger partial charge is 0.495 e. The molecule has 0 aromatic heterocycles. The van der Waals surface area contributed by atoms with Gasteiger partial charge in [-0.3, -0.25) is 0 Å². The van der Waals surface area contributed by atoms with Crippen LogP contribution in [0.5, 0.6) is 5.75 Å². The first kappa shape index (κ1) is 15.0. The Labute approximate surface area is 109 Å². The fraction of sp³-hybridized carbons (Fsp3) is 0.538. The molecule has 0 heterocycles. The molecule has 0 spiro atoms. The van der Waals surface area contributed by atoms with Crippen molar-refractivity contribution in [2.24, 2.45) is 0 Å². The molecule has 1 atom stereocenters. The Hall–Kier alpha value is -1.07. The normalized spacial score (nSPS) is 13.3. The zero-order chi connectivity index (χ0) is 13.6. The highest BCUT2D eigenvalue weighted by Crippen LogP contribution is 2.24. The molecule has 0 aliphatic carbocycles. The number of hydrogen-bond acceptors (Lipinski definition) is 4. The lowest BCUT2D eigenvalue weighted by molar-refractivity contribution is 0.159. The van der Waals surface area contributed by atoms with E-state index in [0.29, 0.717) is 25.0 Å². The van der Waals surface area contributed by atoms with Crippen molar-refractivity contribution in [3.05, 3.63) is 24.3 Å². The summed E-state index contributed by atoms with van der Waals surface area (Å²) in [6.07, 6.45) is 1.19. The second kappa shape index (κ2) is 6.75. The molecule has 0 aliphatic rings. The van der Waals surface area contributed by atoms with E-state index in [1.165, 1.54) is 7.11 Å². The molecular formula is C13H20O4S. The van der Waals surface area contributed by atoms with Crippen LogP contribution >= 0.6 is 0 Å². The molecule has 0 fully saturated rings. The number of benzene rings is 1. The van der Waals surface area contributed by atoms with E-state index in [4.69, 9.17) is 4.74 Å². The highest BCUT2D eigenvalue weighted by molar-refractivity contribution is 7.91. The number of aliphatic hydroxyl groups excluding tert-OH is 1. The maximum atomic E-state index is 12.1. The number of methoxy groups -OCH3 is 1. The summed E-state index contributed by atoms with van der Waals surface area (Å²) in [7, 11) is -1.89. The zero-order valence-corrected chi connectivity index (χ0v) is 11.6. The molecule has 18 heavy (non-hydrogen) atoms. The van der Waals surface area contributed by atoms with Crippen LogP contribution < -0.4 is 4.74 Å². The summed E-state index contributed by atoms with van der Waals surface area (Å²) >= 11 is 0. The van der Waals surface area contributed by atoms with Gasteiger partial charge >= 0.3 is 0 Å². The molecule has 0 saturated heterocycles. The number of hydrogen-bond donors (Lipinski definition) is 1. The lowest BCUT2D eigenvalue weighted by Gasteiger charge is -2.10.